The van der Waals surface area contributed by atoms with Crippen LogP contribution in [0.3, 0.4) is 0 Å². The number of nitrogens with one attached hydrogen (secondary N) is 2. The molecule has 1 aromatic carbocycles. The van der Waals surface area contributed by atoms with Crippen molar-refractivity contribution in [1.29, 1.82) is 0 Å². The molecule has 0 spiro atoms. The molecule has 0 aliphatic heterocycles. The molecule has 2 aromatic rings. The number of pyridine rings is 1. The highest BCUT2D eigenvalue weighted by molar-refractivity contribution is 6.31. The first-order valence-corrected chi connectivity index (χ1v) is 9.26. The van der Waals surface area contributed by atoms with Gasteiger partial charge in [0, 0.05) is 23.3 Å². The van der Waals surface area contributed by atoms with Crippen LogP contribution >= 0.6 is 24.0 Å². The lowest BCUT2D eigenvalue weighted by Crippen LogP contribution is -2.40. The summed E-state index contributed by atoms with van der Waals surface area (Å²) in [6.45, 7) is 4.06. The Morgan fingerprint density at radius 1 is 1.11 bits per heavy atom. The summed E-state index contributed by atoms with van der Waals surface area (Å²) in [6.07, 6.45) is 3.71. The smallest absolute Gasteiger partial charge is 0.251 e. The number of aryl methyl sites for hydroxylation is 2. The van der Waals surface area contributed by atoms with Crippen LogP contribution in [0.25, 0.3) is 0 Å². The minimum Gasteiger partial charge on any atom is -0.367 e. The first-order valence-electron chi connectivity index (χ1n) is 8.88. The Bertz CT molecular complexity index is 788. The Morgan fingerprint density at radius 3 is 2.41 bits per heavy atom. The standard InChI is InChI=1S/C20H23ClFN3O.ClH/c1-12-9-13(2)23-19(10-12)24-15-4-6-16(7-5-15)25-20(26)14-3-8-18(22)17(21)11-14;/h3,8-11,15-16H,4-7H2,1-2H3,(H,23,24)(H,25,26);1H/t15-,16+;. The van der Waals surface area contributed by atoms with Gasteiger partial charge in [-0.2, -0.15) is 0 Å². The Hall–Kier alpha value is -1.85. The van der Waals surface area contributed by atoms with Crippen LogP contribution in [-0.4, -0.2) is 23.0 Å². The largest absolute Gasteiger partial charge is 0.367 e. The summed E-state index contributed by atoms with van der Waals surface area (Å²) in [5.41, 5.74) is 2.58. The third-order valence-electron chi connectivity index (χ3n) is 4.69. The molecule has 1 aliphatic carbocycles. The van der Waals surface area contributed by atoms with Crippen LogP contribution in [-0.2, 0) is 0 Å². The highest BCUT2D eigenvalue weighted by Crippen LogP contribution is 2.23. The first-order chi connectivity index (χ1) is 12.4. The van der Waals surface area contributed by atoms with Crippen molar-refractivity contribution in [2.45, 2.75) is 51.6 Å². The number of hydrogen-bond donors (Lipinski definition) is 2. The van der Waals surface area contributed by atoms with Crippen molar-refractivity contribution in [3.8, 4) is 0 Å². The van der Waals surface area contributed by atoms with E-state index >= 15 is 0 Å². The highest BCUT2D eigenvalue weighted by Gasteiger charge is 2.23. The maximum Gasteiger partial charge on any atom is 0.251 e. The quantitative estimate of drug-likeness (QED) is 0.738. The Morgan fingerprint density at radius 2 is 1.78 bits per heavy atom. The molecule has 7 heteroatoms. The Labute approximate surface area is 170 Å². The van der Waals surface area contributed by atoms with Crippen molar-refractivity contribution in [2.24, 2.45) is 0 Å². The van der Waals surface area contributed by atoms with E-state index in [1.165, 1.54) is 23.8 Å². The zero-order valence-corrected chi connectivity index (χ0v) is 17.0. The van der Waals surface area contributed by atoms with Gasteiger partial charge in [-0.05, 0) is 75.4 Å². The number of anilines is 1. The van der Waals surface area contributed by atoms with Gasteiger partial charge in [0.2, 0.25) is 0 Å². The number of nitrogens with zero attached hydrogens (tertiary/aromatic N) is 1. The number of aromatic nitrogens is 1. The third-order valence-corrected chi connectivity index (χ3v) is 4.98. The normalized spacial score (nSPS) is 19.1. The fraction of sp³-hybridized carbons (Fsp3) is 0.400. The van der Waals surface area contributed by atoms with E-state index in [9.17, 15) is 9.18 Å². The van der Waals surface area contributed by atoms with Gasteiger partial charge in [0.1, 0.15) is 11.6 Å². The maximum absolute atomic E-state index is 13.2. The van der Waals surface area contributed by atoms with Gasteiger partial charge in [-0.15, -0.1) is 12.4 Å². The monoisotopic (exact) mass is 411 g/mol. The lowest BCUT2D eigenvalue weighted by Gasteiger charge is -2.30. The molecule has 1 aromatic heterocycles. The number of amides is 1. The molecule has 3 rings (SSSR count). The van der Waals surface area contributed by atoms with E-state index in [2.05, 4.69) is 34.7 Å². The van der Waals surface area contributed by atoms with E-state index in [0.717, 1.165) is 37.2 Å². The molecule has 1 amide bonds. The predicted molar refractivity (Wildman–Crippen MR) is 110 cm³/mol. The molecule has 0 unspecified atom stereocenters. The van der Waals surface area contributed by atoms with Crippen LogP contribution in [0.2, 0.25) is 5.02 Å². The summed E-state index contributed by atoms with van der Waals surface area (Å²) in [5.74, 6) is 0.185. The molecule has 0 bridgehead atoms. The highest BCUT2D eigenvalue weighted by atomic mass is 35.5. The topological polar surface area (TPSA) is 54.0 Å². The summed E-state index contributed by atoms with van der Waals surface area (Å²) < 4.78 is 13.2. The Balaban J connectivity index is 0.00000261. The van der Waals surface area contributed by atoms with Gasteiger partial charge >= 0.3 is 0 Å². The average Bonchev–Trinajstić information content (AvgIpc) is 2.58. The molecule has 2 N–H and O–H groups in total. The molecular weight excluding hydrogens is 388 g/mol. The van der Waals surface area contributed by atoms with Gasteiger partial charge in [0.15, 0.2) is 0 Å². The van der Waals surface area contributed by atoms with Gasteiger partial charge in [-0.25, -0.2) is 9.37 Å². The van der Waals surface area contributed by atoms with Crippen molar-refractivity contribution in [2.75, 3.05) is 5.32 Å². The molecule has 0 atom stereocenters. The number of rotatable bonds is 4. The summed E-state index contributed by atoms with van der Waals surface area (Å²) >= 11 is 5.75. The van der Waals surface area contributed by atoms with Crippen molar-refractivity contribution in [3.63, 3.8) is 0 Å². The average molecular weight is 412 g/mol. The maximum atomic E-state index is 13.2. The predicted octanol–water partition coefficient (Wildman–Crippen LogP) is 5.07. The van der Waals surface area contributed by atoms with E-state index in [0.29, 0.717) is 11.6 Å². The fourth-order valence-corrected chi connectivity index (χ4v) is 3.59. The Kier molecular flexibility index (Phi) is 7.45. The minimum atomic E-state index is -0.519. The second kappa shape index (κ2) is 9.38. The fourth-order valence-electron chi connectivity index (χ4n) is 3.41. The van der Waals surface area contributed by atoms with E-state index < -0.39 is 5.82 Å². The van der Waals surface area contributed by atoms with Crippen LogP contribution in [0.15, 0.2) is 30.3 Å². The van der Waals surface area contributed by atoms with Crippen molar-refractivity contribution < 1.29 is 9.18 Å². The number of hydrogen-bond acceptors (Lipinski definition) is 3. The van der Waals surface area contributed by atoms with Crippen LogP contribution in [0.1, 0.15) is 47.3 Å². The lowest BCUT2D eigenvalue weighted by atomic mass is 9.91. The van der Waals surface area contributed by atoms with E-state index in [1.54, 1.807) is 0 Å². The molecule has 0 radical (unpaired) electrons. The molecule has 4 nitrogen and oxygen atoms in total. The molecule has 1 heterocycles. The second-order valence-electron chi connectivity index (χ2n) is 6.97. The SMILES string of the molecule is Cc1cc(C)nc(N[C@H]2CC[C@@H](NC(=O)c3ccc(F)c(Cl)c3)CC2)c1.Cl. The molecule has 1 saturated carbocycles. The third kappa shape index (κ3) is 5.81. The zero-order valence-electron chi connectivity index (χ0n) is 15.4. The first kappa shape index (κ1) is 21.5. The molecule has 146 valence electrons. The van der Waals surface area contributed by atoms with Crippen molar-refractivity contribution in [1.82, 2.24) is 10.3 Å². The number of benzene rings is 1. The van der Waals surface area contributed by atoms with Crippen LogP contribution in [0.4, 0.5) is 10.2 Å². The number of halogens is 3. The van der Waals surface area contributed by atoms with Gasteiger partial charge in [0.25, 0.3) is 5.91 Å². The van der Waals surface area contributed by atoms with E-state index in [-0.39, 0.29) is 29.4 Å². The van der Waals surface area contributed by atoms with Gasteiger partial charge in [-0.1, -0.05) is 11.6 Å². The second-order valence-corrected chi connectivity index (χ2v) is 7.37. The molecule has 0 saturated heterocycles. The number of carbonyl (C=O) groups is 1. The van der Waals surface area contributed by atoms with Crippen LogP contribution < -0.4 is 10.6 Å². The summed E-state index contributed by atoms with van der Waals surface area (Å²) in [7, 11) is 0. The lowest BCUT2D eigenvalue weighted by molar-refractivity contribution is 0.0926. The van der Waals surface area contributed by atoms with Gasteiger partial charge in [0.05, 0.1) is 5.02 Å². The van der Waals surface area contributed by atoms with E-state index in [4.69, 9.17) is 11.6 Å². The van der Waals surface area contributed by atoms with Crippen molar-refractivity contribution >= 4 is 35.7 Å². The van der Waals surface area contributed by atoms with Gasteiger partial charge in [-0.3, -0.25) is 4.79 Å². The summed E-state index contributed by atoms with van der Waals surface area (Å²) in [5, 5.41) is 6.48. The van der Waals surface area contributed by atoms with Gasteiger partial charge < -0.3 is 10.6 Å². The summed E-state index contributed by atoms with van der Waals surface area (Å²) in [6, 6.07) is 8.63. The molecule has 27 heavy (non-hydrogen) atoms. The van der Waals surface area contributed by atoms with Crippen molar-refractivity contribution in [3.05, 3.63) is 58.0 Å². The molecule has 1 aliphatic rings. The zero-order chi connectivity index (χ0) is 18.7. The van der Waals surface area contributed by atoms with Crippen LogP contribution in [0, 0.1) is 19.7 Å². The van der Waals surface area contributed by atoms with E-state index in [1.807, 2.05) is 6.92 Å². The minimum absolute atomic E-state index is 0. The molecular formula is C20H24Cl2FN3O. The molecule has 1 fully saturated rings. The summed E-state index contributed by atoms with van der Waals surface area (Å²) in [4.78, 5) is 16.8. The number of carbonyl (C=O) groups excluding carboxylic acids is 1. The van der Waals surface area contributed by atoms with Crippen LogP contribution in [0.5, 0.6) is 0 Å².